The number of hydrogen-bond acceptors (Lipinski definition) is 4. The van der Waals surface area contributed by atoms with Gasteiger partial charge in [-0.15, -0.1) is 0 Å². The van der Waals surface area contributed by atoms with Gasteiger partial charge in [0.05, 0.1) is 0 Å². The largest absolute Gasteiger partial charge is 0.340 e. The van der Waals surface area contributed by atoms with Gasteiger partial charge in [-0.05, 0) is 60.5 Å². The molecular formula is C25H21FN4O. The number of anilines is 3. The SMILES string of the molecule is CCc1ccc(NC(=O)c2cccc(Nc3ccnc(-c4cccc(F)c4)n3)c2)cc1. The third kappa shape index (κ3) is 5.11. The van der Waals surface area contributed by atoms with Crippen LogP contribution in [0.3, 0.4) is 0 Å². The molecule has 4 aromatic rings. The van der Waals surface area contributed by atoms with Crippen LogP contribution in [0.4, 0.5) is 21.6 Å². The number of benzene rings is 3. The summed E-state index contributed by atoms with van der Waals surface area (Å²) in [6.07, 6.45) is 2.55. The Labute approximate surface area is 180 Å². The van der Waals surface area contributed by atoms with E-state index in [0.717, 1.165) is 12.1 Å². The van der Waals surface area contributed by atoms with Crippen molar-refractivity contribution in [3.8, 4) is 11.4 Å². The Bertz CT molecular complexity index is 1210. The summed E-state index contributed by atoms with van der Waals surface area (Å²) in [5.74, 6) is 0.412. The number of amides is 1. The molecule has 0 aliphatic carbocycles. The van der Waals surface area contributed by atoms with Crippen molar-refractivity contribution in [1.82, 2.24) is 9.97 Å². The zero-order chi connectivity index (χ0) is 21.6. The maximum absolute atomic E-state index is 13.5. The van der Waals surface area contributed by atoms with Crippen molar-refractivity contribution < 1.29 is 9.18 Å². The van der Waals surface area contributed by atoms with Crippen LogP contribution in [-0.2, 0) is 6.42 Å². The Morgan fingerprint density at radius 1 is 0.935 bits per heavy atom. The van der Waals surface area contributed by atoms with Crippen LogP contribution in [0.25, 0.3) is 11.4 Å². The first kappa shape index (κ1) is 20.2. The van der Waals surface area contributed by atoms with E-state index < -0.39 is 0 Å². The molecule has 0 unspecified atom stereocenters. The van der Waals surface area contributed by atoms with Crippen LogP contribution >= 0.6 is 0 Å². The summed E-state index contributed by atoms with van der Waals surface area (Å²) in [6.45, 7) is 2.09. The second-order valence-corrected chi connectivity index (χ2v) is 6.99. The number of nitrogens with one attached hydrogen (secondary N) is 2. The zero-order valence-electron chi connectivity index (χ0n) is 17.0. The van der Waals surface area contributed by atoms with Gasteiger partial charge in [-0.3, -0.25) is 4.79 Å². The van der Waals surface area contributed by atoms with Crippen molar-refractivity contribution in [2.24, 2.45) is 0 Å². The number of carbonyl (C=O) groups excluding carboxylic acids is 1. The molecule has 0 saturated heterocycles. The summed E-state index contributed by atoms with van der Waals surface area (Å²) >= 11 is 0. The second-order valence-electron chi connectivity index (χ2n) is 6.99. The minimum Gasteiger partial charge on any atom is -0.340 e. The van der Waals surface area contributed by atoms with Crippen LogP contribution in [0.1, 0.15) is 22.8 Å². The maximum Gasteiger partial charge on any atom is 0.255 e. The smallest absolute Gasteiger partial charge is 0.255 e. The summed E-state index contributed by atoms with van der Waals surface area (Å²) < 4.78 is 13.5. The summed E-state index contributed by atoms with van der Waals surface area (Å²) in [7, 11) is 0. The van der Waals surface area contributed by atoms with Gasteiger partial charge in [0.25, 0.3) is 5.91 Å². The fraction of sp³-hybridized carbons (Fsp3) is 0.0800. The molecule has 2 N–H and O–H groups in total. The molecule has 1 heterocycles. The van der Waals surface area contributed by atoms with Crippen molar-refractivity contribution in [3.63, 3.8) is 0 Å². The Kier molecular flexibility index (Phi) is 5.98. The van der Waals surface area contributed by atoms with E-state index in [1.165, 1.54) is 17.7 Å². The Morgan fingerprint density at radius 2 is 1.74 bits per heavy atom. The molecule has 31 heavy (non-hydrogen) atoms. The van der Waals surface area contributed by atoms with Crippen LogP contribution in [-0.4, -0.2) is 15.9 Å². The van der Waals surface area contributed by atoms with Crippen molar-refractivity contribution in [1.29, 1.82) is 0 Å². The van der Waals surface area contributed by atoms with Gasteiger partial charge in [0.15, 0.2) is 5.82 Å². The molecule has 0 atom stereocenters. The molecular weight excluding hydrogens is 391 g/mol. The highest BCUT2D eigenvalue weighted by Crippen LogP contribution is 2.21. The summed E-state index contributed by atoms with van der Waals surface area (Å²) in [5, 5.41) is 6.09. The Balaban J connectivity index is 1.49. The van der Waals surface area contributed by atoms with Gasteiger partial charge in [0.2, 0.25) is 0 Å². The molecule has 0 radical (unpaired) electrons. The second kappa shape index (κ2) is 9.17. The van der Waals surface area contributed by atoms with Crippen LogP contribution in [0.15, 0.2) is 85.1 Å². The fourth-order valence-electron chi connectivity index (χ4n) is 3.11. The third-order valence-electron chi connectivity index (χ3n) is 4.76. The van der Waals surface area contributed by atoms with Crippen LogP contribution in [0, 0.1) is 5.82 Å². The molecule has 0 aliphatic rings. The topological polar surface area (TPSA) is 66.9 Å². The number of carbonyl (C=O) groups is 1. The Morgan fingerprint density at radius 3 is 2.52 bits per heavy atom. The summed E-state index contributed by atoms with van der Waals surface area (Å²) in [5.41, 5.74) is 3.77. The van der Waals surface area contributed by atoms with Gasteiger partial charge in [-0.2, -0.15) is 0 Å². The molecule has 0 fully saturated rings. The standard InChI is InChI=1S/C25H21FN4O/c1-2-17-9-11-21(12-10-17)29-25(31)19-6-4-8-22(16-19)28-23-13-14-27-24(30-23)18-5-3-7-20(26)15-18/h3-16H,2H2,1H3,(H,29,31)(H,27,28,30). The highest BCUT2D eigenvalue weighted by molar-refractivity contribution is 6.04. The van der Waals surface area contributed by atoms with E-state index >= 15 is 0 Å². The molecule has 4 rings (SSSR count). The van der Waals surface area contributed by atoms with E-state index in [4.69, 9.17) is 0 Å². The minimum atomic E-state index is -0.345. The number of halogens is 1. The van der Waals surface area contributed by atoms with Crippen molar-refractivity contribution >= 4 is 23.1 Å². The predicted octanol–water partition coefficient (Wildman–Crippen LogP) is 5.84. The van der Waals surface area contributed by atoms with E-state index in [9.17, 15) is 9.18 Å². The molecule has 1 aromatic heterocycles. The average molecular weight is 412 g/mol. The van der Waals surface area contributed by atoms with Crippen LogP contribution in [0.5, 0.6) is 0 Å². The van der Waals surface area contributed by atoms with Gasteiger partial charge in [0, 0.05) is 28.7 Å². The lowest BCUT2D eigenvalue weighted by atomic mass is 10.1. The van der Waals surface area contributed by atoms with Gasteiger partial charge in [-0.25, -0.2) is 14.4 Å². The lowest BCUT2D eigenvalue weighted by molar-refractivity contribution is 0.102. The first-order valence-corrected chi connectivity index (χ1v) is 9.97. The van der Waals surface area contributed by atoms with E-state index in [1.807, 2.05) is 30.3 Å². The number of hydrogen-bond donors (Lipinski definition) is 2. The first-order chi connectivity index (χ1) is 15.1. The molecule has 154 valence electrons. The van der Waals surface area contributed by atoms with Gasteiger partial charge >= 0.3 is 0 Å². The van der Waals surface area contributed by atoms with Gasteiger partial charge in [-0.1, -0.05) is 37.3 Å². The fourth-order valence-corrected chi connectivity index (χ4v) is 3.11. The number of aromatic nitrogens is 2. The number of rotatable bonds is 6. The molecule has 0 spiro atoms. The quantitative estimate of drug-likeness (QED) is 0.417. The molecule has 0 saturated carbocycles. The van der Waals surface area contributed by atoms with Crippen LogP contribution in [0.2, 0.25) is 0 Å². The minimum absolute atomic E-state index is 0.198. The van der Waals surface area contributed by atoms with Crippen molar-refractivity contribution in [3.05, 3.63) is 102 Å². The number of aryl methyl sites for hydroxylation is 1. The molecule has 0 bridgehead atoms. The van der Waals surface area contributed by atoms with E-state index in [2.05, 4.69) is 27.5 Å². The van der Waals surface area contributed by atoms with E-state index in [1.54, 1.807) is 42.6 Å². The average Bonchev–Trinajstić information content (AvgIpc) is 2.80. The summed E-state index contributed by atoms with van der Waals surface area (Å²) in [6, 6.07) is 22.8. The highest BCUT2D eigenvalue weighted by atomic mass is 19.1. The first-order valence-electron chi connectivity index (χ1n) is 9.97. The van der Waals surface area contributed by atoms with Gasteiger partial charge < -0.3 is 10.6 Å². The highest BCUT2D eigenvalue weighted by Gasteiger charge is 2.09. The Hall–Kier alpha value is -4.06. The maximum atomic E-state index is 13.5. The monoisotopic (exact) mass is 412 g/mol. The normalized spacial score (nSPS) is 10.5. The van der Waals surface area contributed by atoms with E-state index in [0.29, 0.717) is 28.5 Å². The zero-order valence-corrected chi connectivity index (χ0v) is 17.0. The van der Waals surface area contributed by atoms with Gasteiger partial charge in [0.1, 0.15) is 11.6 Å². The summed E-state index contributed by atoms with van der Waals surface area (Å²) in [4.78, 5) is 21.3. The lowest BCUT2D eigenvalue weighted by Crippen LogP contribution is -2.12. The van der Waals surface area contributed by atoms with E-state index in [-0.39, 0.29) is 11.7 Å². The molecule has 1 amide bonds. The lowest BCUT2D eigenvalue weighted by Gasteiger charge is -2.10. The molecule has 5 nitrogen and oxygen atoms in total. The predicted molar refractivity (Wildman–Crippen MR) is 121 cm³/mol. The molecule has 6 heteroatoms. The van der Waals surface area contributed by atoms with Crippen LogP contribution < -0.4 is 10.6 Å². The van der Waals surface area contributed by atoms with Crippen molar-refractivity contribution in [2.75, 3.05) is 10.6 Å². The molecule has 0 aliphatic heterocycles. The van der Waals surface area contributed by atoms with Crippen molar-refractivity contribution in [2.45, 2.75) is 13.3 Å². The molecule has 3 aromatic carbocycles. The number of nitrogens with zero attached hydrogens (tertiary/aromatic N) is 2. The third-order valence-corrected chi connectivity index (χ3v) is 4.76.